The molecular formula is C8H18N4O2. The second-order valence-corrected chi connectivity index (χ2v) is 2.95. The molecular weight excluding hydrogens is 184 g/mol. The molecule has 0 aliphatic rings. The summed E-state index contributed by atoms with van der Waals surface area (Å²) in [4.78, 5) is 22.2. The number of Topliss-reactive ketones (excluding diaryl/α,β-unsaturated/α-hetero) is 1. The van der Waals surface area contributed by atoms with Gasteiger partial charge in [-0.1, -0.05) is 0 Å². The third-order valence-corrected chi connectivity index (χ3v) is 1.68. The van der Waals surface area contributed by atoms with E-state index < -0.39 is 6.04 Å². The predicted molar refractivity (Wildman–Crippen MR) is 53.3 cm³/mol. The molecule has 0 radical (unpaired) electrons. The van der Waals surface area contributed by atoms with Crippen LogP contribution in [0.5, 0.6) is 0 Å². The van der Waals surface area contributed by atoms with Crippen molar-refractivity contribution in [2.24, 2.45) is 17.2 Å². The Hall–Kier alpha value is -0.980. The van der Waals surface area contributed by atoms with Gasteiger partial charge in [0.2, 0.25) is 5.91 Å². The zero-order valence-corrected chi connectivity index (χ0v) is 8.16. The van der Waals surface area contributed by atoms with Gasteiger partial charge in [-0.2, -0.15) is 0 Å². The van der Waals surface area contributed by atoms with Gasteiger partial charge in [-0.25, -0.2) is 0 Å². The molecule has 0 rings (SSSR count). The smallest absolute Gasteiger partial charge is 0.222 e. The van der Waals surface area contributed by atoms with Crippen LogP contribution in [0.15, 0.2) is 0 Å². The lowest BCUT2D eigenvalue weighted by Gasteiger charge is -2.09. The van der Waals surface area contributed by atoms with Gasteiger partial charge in [0.25, 0.3) is 0 Å². The highest BCUT2D eigenvalue weighted by Crippen LogP contribution is 1.93. The van der Waals surface area contributed by atoms with E-state index in [1.54, 1.807) is 0 Å². The van der Waals surface area contributed by atoms with Crippen LogP contribution in [0.1, 0.15) is 12.8 Å². The summed E-state index contributed by atoms with van der Waals surface area (Å²) in [6.45, 7) is 1.03. The summed E-state index contributed by atoms with van der Waals surface area (Å²) in [6, 6.07) is -0.753. The van der Waals surface area contributed by atoms with Crippen LogP contribution in [-0.2, 0) is 9.59 Å². The standard InChI is InChI=1S/C8H18N4O2/c9-2-1-7(13)6(11)5-8(14)12-4-3-10/h6H,1-5,9-11H2,(H,12,14). The Morgan fingerprint density at radius 3 is 2.36 bits per heavy atom. The molecule has 6 nitrogen and oxygen atoms in total. The highest BCUT2D eigenvalue weighted by Gasteiger charge is 2.15. The molecule has 0 bridgehead atoms. The Labute approximate surface area is 83.2 Å². The van der Waals surface area contributed by atoms with Gasteiger partial charge in [-0.05, 0) is 6.54 Å². The summed E-state index contributed by atoms with van der Waals surface area (Å²) < 4.78 is 0. The van der Waals surface area contributed by atoms with Crippen molar-refractivity contribution in [1.29, 1.82) is 0 Å². The first-order chi connectivity index (χ1) is 6.61. The van der Waals surface area contributed by atoms with E-state index in [4.69, 9.17) is 17.2 Å². The van der Waals surface area contributed by atoms with Gasteiger partial charge in [0.15, 0.2) is 5.78 Å². The van der Waals surface area contributed by atoms with Crippen molar-refractivity contribution >= 4 is 11.7 Å². The monoisotopic (exact) mass is 202 g/mol. The Morgan fingerprint density at radius 1 is 1.21 bits per heavy atom. The first-order valence-corrected chi connectivity index (χ1v) is 4.57. The highest BCUT2D eigenvalue weighted by atomic mass is 16.2. The summed E-state index contributed by atoms with van der Waals surface area (Å²) >= 11 is 0. The van der Waals surface area contributed by atoms with Crippen molar-refractivity contribution in [3.8, 4) is 0 Å². The van der Waals surface area contributed by atoms with Crippen molar-refractivity contribution < 1.29 is 9.59 Å². The quantitative estimate of drug-likeness (QED) is 0.369. The zero-order valence-electron chi connectivity index (χ0n) is 8.16. The van der Waals surface area contributed by atoms with Gasteiger partial charge in [-0.3, -0.25) is 9.59 Å². The minimum absolute atomic E-state index is 0.00116. The summed E-state index contributed by atoms with van der Waals surface area (Å²) in [7, 11) is 0. The number of nitrogens with two attached hydrogens (primary N) is 3. The van der Waals surface area contributed by atoms with E-state index in [2.05, 4.69) is 5.32 Å². The summed E-state index contributed by atoms with van der Waals surface area (Å²) in [5.74, 6) is -0.441. The molecule has 82 valence electrons. The molecule has 1 atom stereocenters. The second kappa shape index (κ2) is 7.43. The third kappa shape index (κ3) is 5.63. The van der Waals surface area contributed by atoms with E-state index in [1.165, 1.54) is 0 Å². The van der Waals surface area contributed by atoms with Crippen LogP contribution in [0.25, 0.3) is 0 Å². The van der Waals surface area contributed by atoms with Crippen LogP contribution < -0.4 is 22.5 Å². The van der Waals surface area contributed by atoms with Crippen LogP contribution in [0.2, 0.25) is 0 Å². The maximum atomic E-state index is 11.1. The van der Waals surface area contributed by atoms with Gasteiger partial charge in [-0.15, -0.1) is 0 Å². The average molecular weight is 202 g/mol. The Bertz CT molecular complexity index is 196. The summed E-state index contributed by atoms with van der Waals surface area (Å²) in [5.41, 5.74) is 15.8. The minimum atomic E-state index is -0.753. The molecule has 0 aliphatic heterocycles. The van der Waals surface area contributed by atoms with E-state index in [-0.39, 0.29) is 31.1 Å². The average Bonchev–Trinajstić information content (AvgIpc) is 2.15. The summed E-state index contributed by atoms with van der Waals surface area (Å²) in [6.07, 6.45) is 0.212. The fourth-order valence-electron chi connectivity index (χ4n) is 0.925. The first-order valence-electron chi connectivity index (χ1n) is 4.57. The number of ketones is 1. The molecule has 6 heteroatoms. The molecule has 0 fully saturated rings. The molecule has 0 saturated heterocycles. The molecule has 1 amide bonds. The van der Waals surface area contributed by atoms with Crippen molar-refractivity contribution in [3.05, 3.63) is 0 Å². The molecule has 0 aromatic rings. The molecule has 0 saturated carbocycles. The largest absolute Gasteiger partial charge is 0.355 e. The maximum absolute atomic E-state index is 11.1. The number of carbonyl (C=O) groups excluding carboxylic acids is 2. The lowest BCUT2D eigenvalue weighted by atomic mass is 10.1. The first kappa shape index (κ1) is 13.0. The number of nitrogens with one attached hydrogen (secondary N) is 1. The van der Waals surface area contributed by atoms with Crippen molar-refractivity contribution in [2.45, 2.75) is 18.9 Å². The van der Waals surface area contributed by atoms with E-state index >= 15 is 0 Å². The third-order valence-electron chi connectivity index (χ3n) is 1.68. The second-order valence-electron chi connectivity index (χ2n) is 2.95. The summed E-state index contributed by atoms with van der Waals surface area (Å²) in [5, 5.41) is 2.53. The van der Waals surface area contributed by atoms with E-state index in [1.807, 2.05) is 0 Å². The lowest BCUT2D eigenvalue weighted by molar-refractivity contribution is -0.126. The topological polar surface area (TPSA) is 124 Å². The SMILES string of the molecule is NCCNC(=O)CC(N)C(=O)CCN. The molecule has 0 spiro atoms. The normalized spacial score (nSPS) is 12.2. The Kier molecular flexibility index (Phi) is 6.91. The molecule has 1 unspecified atom stereocenters. The fourth-order valence-corrected chi connectivity index (χ4v) is 0.925. The van der Waals surface area contributed by atoms with E-state index in [0.717, 1.165) is 0 Å². The van der Waals surface area contributed by atoms with Crippen molar-refractivity contribution in [2.75, 3.05) is 19.6 Å². The molecule has 7 N–H and O–H groups in total. The van der Waals surface area contributed by atoms with Gasteiger partial charge in [0.05, 0.1) is 6.04 Å². The lowest BCUT2D eigenvalue weighted by Crippen LogP contribution is -2.39. The van der Waals surface area contributed by atoms with Gasteiger partial charge < -0.3 is 22.5 Å². The van der Waals surface area contributed by atoms with Crippen LogP contribution >= 0.6 is 0 Å². The molecule has 0 aliphatic carbocycles. The number of hydrogen-bond acceptors (Lipinski definition) is 5. The Morgan fingerprint density at radius 2 is 1.86 bits per heavy atom. The van der Waals surface area contributed by atoms with Gasteiger partial charge >= 0.3 is 0 Å². The Balaban J connectivity index is 3.75. The van der Waals surface area contributed by atoms with Crippen LogP contribution in [0, 0.1) is 0 Å². The number of hydrogen-bond donors (Lipinski definition) is 4. The maximum Gasteiger partial charge on any atom is 0.222 e. The molecule has 0 heterocycles. The number of carbonyl (C=O) groups is 2. The predicted octanol–water partition coefficient (Wildman–Crippen LogP) is -2.30. The molecule has 14 heavy (non-hydrogen) atoms. The minimum Gasteiger partial charge on any atom is -0.355 e. The van der Waals surface area contributed by atoms with Gasteiger partial charge in [0.1, 0.15) is 0 Å². The number of rotatable bonds is 7. The fraction of sp³-hybridized carbons (Fsp3) is 0.750. The van der Waals surface area contributed by atoms with Crippen LogP contribution in [-0.4, -0.2) is 37.4 Å². The van der Waals surface area contributed by atoms with Crippen LogP contribution in [0.4, 0.5) is 0 Å². The van der Waals surface area contributed by atoms with E-state index in [9.17, 15) is 9.59 Å². The van der Waals surface area contributed by atoms with Crippen LogP contribution in [0.3, 0.4) is 0 Å². The molecule has 0 aromatic carbocycles. The van der Waals surface area contributed by atoms with Gasteiger partial charge in [0, 0.05) is 25.9 Å². The van der Waals surface area contributed by atoms with Crippen molar-refractivity contribution in [1.82, 2.24) is 5.32 Å². The number of amides is 1. The van der Waals surface area contributed by atoms with Crippen molar-refractivity contribution in [3.63, 3.8) is 0 Å². The zero-order chi connectivity index (χ0) is 11.0. The molecule has 0 aromatic heterocycles. The highest BCUT2D eigenvalue weighted by molar-refractivity contribution is 5.89. The van der Waals surface area contributed by atoms with E-state index in [0.29, 0.717) is 13.1 Å².